The smallest absolute Gasteiger partial charge is 0.259 e. The third-order valence-electron chi connectivity index (χ3n) is 3.58. The number of Topliss-reactive ketones (excluding diaryl/α,β-unsaturated/α-hetero) is 2. The monoisotopic (exact) mass is 336 g/mol. The number of rotatable bonds is 6. The Morgan fingerprint density at radius 2 is 1.76 bits per heavy atom. The van der Waals surface area contributed by atoms with Crippen LogP contribution < -0.4 is 5.32 Å². The van der Waals surface area contributed by atoms with E-state index in [9.17, 15) is 14.4 Å². The molecule has 2 rings (SSSR count). The van der Waals surface area contributed by atoms with Crippen LogP contribution >= 0.6 is 0 Å². The van der Waals surface area contributed by atoms with Crippen molar-refractivity contribution in [3.05, 3.63) is 65.5 Å². The first-order valence-electron chi connectivity index (χ1n) is 7.96. The maximum absolute atomic E-state index is 12.6. The molecule has 0 spiro atoms. The number of aromatic nitrogens is 1. The van der Waals surface area contributed by atoms with Gasteiger partial charge in [-0.2, -0.15) is 0 Å². The molecule has 0 saturated carbocycles. The first kappa shape index (κ1) is 18.3. The zero-order valence-electron chi connectivity index (χ0n) is 14.4. The Balaban J connectivity index is 2.28. The fourth-order valence-electron chi connectivity index (χ4n) is 2.17. The van der Waals surface area contributed by atoms with Crippen LogP contribution in [0.1, 0.15) is 36.7 Å². The standard InChI is InChI=1S/C20H20N2O3/c1-13(2)19(24)18(11-15-5-4-10-21-12-15)20(25)22-17-8-6-16(7-9-17)14(3)23/h4-13H,1-3H3,(H,22,25). The molecule has 1 N–H and O–H groups in total. The third-order valence-corrected chi connectivity index (χ3v) is 3.58. The lowest BCUT2D eigenvalue weighted by Gasteiger charge is -2.11. The van der Waals surface area contributed by atoms with Crippen molar-refractivity contribution in [1.29, 1.82) is 0 Å². The Morgan fingerprint density at radius 3 is 2.28 bits per heavy atom. The Labute approximate surface area is 146 Å². The highest BCUT2D eigenvalue weighted by molar-refractivity contribution is 6.26. The normalized spacial score (nSPS) is 11.3. The number of nitrogens with one attached hydrogen (secondary N) is 1. The predicted octanol–water partition coefficient (Wildman–Crippen LogP) is 3.53. The quantitative estimate of drug-likeness (QED) is 0.379. The zero-order chi connectivity index (χ0) is 18.4. The van der Waals surface area contributed by atoms with Gasteiger partial charge in [0.25, 0.3) is 5.91 Å². The average molecular weight is 336 g/mol. The zero-order valence-corrected chi connectivity index (χ0v) is 14.4. The number of amides is 1. The number of hydrogen-bond acceptors (Lipinski definition) is 4. The molecule has 5 heteroatoms. The van der Waals surface area contributed by atoms with Gasteiger partial charge in [-0.25, -0.2) is 0 Å². The summed E-state index contributed by atoms with van der Waals surface area (Å²) in [5.41, 5.74) is 1.82. The van der Waals surface area contributed by atoms with Crippen LogP contribution in [0, 0.1) is 5.92 Å². The van der Waals surface area contributed by atoms with Gasteiger partial charge >= 0.3 is 0 Å². The van der Waals surface area contributed by atoms with E-state index in [1.54, 1.807) is 62.6 Å². The molecule has 0 fully saturated rings. The van der Waals surface area contributed by atoms with Crippen molar-refractivity contribution in [2.75, 3.05) is 5.32 Å². The molecule has 0 aliphatic rings. The van der Waals surface area contributed by atoms with E-state index in [1.165, 1.54) is 13.0 Å². The Bertz CT molecular complexity index is 807. The van der Waals surface area contributed by atoms with Gasteiger partial charge in [0.15, 0.2) is 11.6 Å². The van der Waals surface area contributed by atoms with E-state index in [4.69, 9.17) is 0 Å². The molecule has 1 aromatic heterocycles. The van der Waals surface area contributed by atoms with Crippen molar-refractivity contribution in [1.82, 2.24) is 4.98 Å². The number of carbonyl (C=O) groups excluding carboxylic acids is 3. The molecular weight excluding hydrogens is 316 g/mol. The highest BCUT2D eigenvalue weighted by Crippen LogP contribution is 2.16. The average Bonchev–Trinajstić information content (AvgIpc) is 2.60. The van der Waals surface area contributed by atoms with Crippen molar-refractivity contribution in [2.24, 2.45) is 5.92 Å². The topological polar surface area (TPSA) is 76.1 Å². The fraction of sp³-hybridized carbons (Fsp3) is 0.200. The molecule has 0 aliphatic carbocycles. The number of ketones is 2. The van der Waals surface area contributed by atoms with Gasteiger partial charge in [0.2, 0.25) is 0 Å². The van der Waals surface area contributed by atoms with Crippen molar-refractivity contribution >= 4 is 29.2 Å². The van der Waals surface area contributed by atoms with E-state index in [-0.39, 0.29) is 23.1 Å². The van der Waals surface area contributed by atoms with Gasteiger partial charge in [-0.05, 0) is 48.9 Å². The lowest BCUT2D eigenvalue weighted by Crippen LogP contribution is -2.23. The highest BCUT2D eigenvalue weighted by Gasteiger charge is 2.21. The minimum Gasteiger partial charge on any atom is -0.322 e. The Morgan fingerprint density at radius 1 is 1.08 bits per heavy atom. The summed E-state index contributed by atoms with van der Waals surface area (Å²) in [4.78, 5) is 40.3. The summed E-state index contributed by atoms with van der Waals surface area (Å²) < 4.78 is 0. The summed E-state index contributed by atoms with van der Waals surface area (Å²) in [6.45, 7) is 4.96. The van der Waals surface area contributed by atoms with Crippen LogP contribution in [0.15, 0.2) is 54.4 Å². The van der Waals surface area contributed by atoms with E-state index in [0.717, 1.165) is 0 Å². The first-order chi connectivity index (χ1) is 11.9. The van der Waals surface area contributed by atoms with Crippen molar-refractivity contribution in [3.8, 4) is 0 Å². The number of benzene rings is 1. The first-order valence-corrected chi connectivity index (χ1v) is 7.96. The highest BCUT2D eigenvalue weighted by atomic mass is 16.2. The van der Waals surface area contributed by atoms with Crippen LogP contribution in [0.25, 0.3) is 6.08 Å². The second-order valence-electron chi connectivity index (χ2n) is 5.95. The van der Waals surface area contributed by atoms with E-state index >= 15 is 0 Å². The maximum atomic E-state index is 12.6. The molecule has 5 nitrogen and oxygen atoms in total. The Kier molecular flexibility index (Phi) is 5.95. The SMILES string of the molecule is CC(=O)c1ccc(NC(=O)C(=Cc2cccnc2)C(=O)C(C)C)cc1. The molecule has 0 radical (unpaired) electrons. The minimum absolute atomic E-state index is 0.0509. The largest absolute Gasteiger partial charge is 0.322 e. The molecule has 0 unspecified atom stereocenters. The molecule has 0 aliphatic heterocycles. The second kappa shape index (κ2) is 8.15. The summed E-state index contributed by atoms with van der Waals surface area (Å²) in [6, 6.07) is 10.0. The molecule has 0 atom stereocenters. The lowest BCUT2D eigenvalue weighted by atomic mass is 9.98. The predicted molar refractivity (Wildman–Crippen MR) is 97.1 cm³/mol. The summed E-state index contributed by atoms with van der Waals surface area (Å²) in [5, 5.41) is 2.70. The molecule has 1 aromatic carbocycles. The van der Waals surface area contributed by atoms with Gasteiger partial charge in [0, 0.05) is 29.6 Å². The maximum Gasteiger partial charge on any atom is 0.259 e. The second-order valence-corrected chi connectivity index (χ2v) is 5.95. The molecule has 1 amide bonds. The summed E-state index contributed by atoms with van der Waals surface area (Å²) in [5.74, 6) is -1.10. The summed E-state index contributed by atoms with van der Waals surface area (Å²) in [7, 11) is 0. The van der Waals surface area contributed by atoms with Gasteiger partial charge in [-0.3, -0.25) is 19.4 Å². The van der Waals surface area contributed by atoms with Crippen molar-refractivity contribution in [3.63, 3.8) is 0 Å². The molecule has 0 bridgehead atoms. The number of hydrogen-bond donors (Lipinski definition) is 1. The number of anilines is 1. The number of carbonyl (C=O) groups is 3. The van der Waals surface area contributed by atoms with Crippen LogP contribution in [0.2, 0.25) is 0 Å². The van der Waals surface area contributed by atoms with Gasteiger partial charge < -0.3 is 5.32 Å². The van der Waals surface area contributed by atoms with Crippen LogP contribution in [0.3, 0.4) is 0 Å². The molecule has 0 saturated heterocycles. The van der Waals surface area contributed by atoms with Gasteiger partial charge in [0.05, 0.1) is 5.57 Å². The van der Waals surface area contributed by atoms with Crippen molar-refractivity contribution < 1.29 is 14.4 Å². The van der Waals surface area contributed by atoms with Gasteiger partial charge in [-0.1, -0.05) is 19.9 Å². The molecule has 25 heavy (non-hydrogen) atoms. The van der Waals surface area contributed by atoms with E-state index in [1.807, 2.05) is 0 Å². The van der Waals surface area contributed by atoms with Gasteiger partial charge in [0.1, 0.15) is 0 Å². The number of pyridine rings is 1. The molecule has 1 heterocycles. The minimum atomic E-state index is -0.488. The lowest BCUT2D eigenvalue weighted by molar-refractivity contribution is -0.121. The van der Waals surface area contributed by atoms with Crippen molar-refractivity contribution in [2.45, 2.75) is 20.8 Å². The summed E-state index contributed by atoms with van der Waals surface area (Å²) >= 11 is 0. The Hall–Kier alpha value is -3.08. The van der Waals surface area contributed by atoms with Crippen LogP contribution in [-0.4, -0.2) is 22.5 Å². The fourth-order valence-corrected chi connectivity index (χ4v) is 2.17. The van der Waals surface area contributed by atoms with E-state index in [2.05, 4.69) is 10.3 Å². The molecule has 128 valence electrons. The molecule has 2 aromatic rings. The van der Waals surface area contributed by atoms with Crippen LogP contribution in [0.5, 0.6) is 0 Å². The molecular formula is C20H20N2O3. The van der Waals surface area contributed by atoms with Crippen LogP contribution in [-0.2, 0) is 9.59 Å². The number of nitrogens with zero attached hydrogens (tertiary/aromatic N) is 1. The van der Waals surface area contributed by atoms with Crippen LogP contribution in [0.4, 0.5) is 5.69 Å². The van der Waals surface area contributed by atoms with Gasteiger partial charge in [-0.15, -0.1) is 0 Å². The third kappa shape index (κ3) is 4.94. The van der Waals surface area contributed by atoms with E-state index in [0.29, 0.717) is 16.8 Å². The van der Waals surface area contributed by atoms with E-state index < -0.39 is 5.91 Å². The summed E-state index contributed by atoms with van der Waals surface area (Å²) in [6.07, 6.45) is 4.75.